The first-order valence-electron chi connectivity index (χ1n) is 4.91. The van der Waals surface area contributed by atoms with E-state index in [4.69, 9.17) is 10.2 Å². The van der Waals surface area contributed by atoms with Gasteiger partial charge in [0.05, 0.1) is 16.2 Å². The van der Waals surface area contributed by atoms with Crippen molar-refractivity contribution in [1.29, 1.82) is 0 Å². The van der Waals surface area contributed by atoms with Gasteiger partial charge in [-0.15, -0.1) is 0 Å². The van der Waals surface area contributed by atoms with Crippen LogP contribution in [0.2, 0.25) is 0 Å². The van der Waals surface area contributed by atoms with Crippen LogP contribution in [0.3, 0.4) is 0 Å². The van der Waals surface area contributed by atoms with E-state index in [0.29, 0.717) is 12.0 Å². The van der Waals surface area contributed by atoms with Crippen molar-refractivity contribution in [2.75, 3.05) is 0 Å². The van der Waals surface area contributed by atoms with Gasteiger partial charge in [-0.2, -0.15) is 12.6 Å². The molecule has 2 N–H and O–H groups in total. The normalized spacial score (nSPS) is 29.3. The lowest BCUT2D eigenvalue weighted by Gasteiger charge is -2.32. The van der Waals surface area contributed by atoms with Crippen molar-refractivity contribution >= 4 is 24.6 Å². The van der Waals surface area contributed by atoms with Crippen LogP contribution in [-0.2, 0) is 9.59 Å². The standard InChI is InChI=1S/C11H14O4S/c1-3-6-4-5-11(2,10(14)15)8(16)7(6)9(12)13/h4-5,8,16H,3H2,1-2H3,(H,12,13)(H,14,15). The van der Waals surface area contributed by atoms with Gasteiger partial charge in [-0.1, -0.05) is 19.1 Å². The van der Waals surface area contributed by atoms with Crippen LogP contribution in [0.1, 0.15) is 20.3 Å². The fraction of sp³-hybridized carbons (Fsp3) is 0.455. The molecule has 0 amide bonds. The van der Waals surface area contributed by atoms with Crippen molar-refractivity contribution in [3.8, 4) is 0 Å². The van der Waals surface area contributed by atoms with Gasteiger partial charge in [0.1, 0.15) is 0 Å². The van der Waals surface area contributed by atoms with Crippen LogP contribution < -0.4 is 0 Å². The molecule has 16 heavy (non-hydrogen) atoms. The molecule has 0 aromatic carbocycles. The largest absolute Gasteiger partial charge is 0.481 e. The minimum absolute atomic E-state index is 0.0817. The van der Waals surface area contributed by atoms with Crippen LogP contribution in [0.15, 0.2) is 23.3 Å². The minimum Gasteiger partial charge on any atom is -0.481 e. The zero-order chi connectivity index (χ0) is 12.5. The lowest BCUT2D eigenvalue weighted by molar-refractivity contribution is -0.145. The van der Waals surface area contributed by atoms with Gasteiger partial charge in [0.15, 0.2) is 0 Å². The van der Waals surface area contributed by atoms with Gasteiger partial charge < -0.3 is 10.2 Å². The molecule has 2 atom stereocenters. The average Bonchev–Trinajstić information content (AvgIpc) is 2.20. The molecule has 0 aromatic heterocycles. The highest BCUT2D eigenvalue weighted by atomic mass is 32.1. The summed E-state index contributed by atoms with van der Waals surface area (Å²) in [5.74, 6) is -2.17. The maximum atomic E-state index is 11.1. The monoisotopic (exact) mass is 242 g/mol. The Morgan fingerprint density at radius 1 is 1.50 bits per heavy atom. The molecule has 0 aliphatic heterocycles. The molecule has 4 nitrogen and oxygen atoms in total. The summed E-state index contributed by atoms with van der Waals surface area (Å²) in [4.78, 5) is 22.2. The van der Waals surface area contributed by atoms with Crippen LogP contribution in [0.4, 0.5) is 0 Å². The fourth-order valence-electron chi connectivity index (χ4n) is 1.68. The van der Waals surface area contributed by atoms with E-state index in [-0.39, 0.29) is 5.57 Å². The van der Waals surface area contributed by atoms with Crippen molar-refractivity contribution in [3.63, 3.8) is 0 Å². The highest BCUT2D eigenvalue weighted by molar-refractivity contribution is 7.81. The second-order valence-corrected chi connectivity index (χ2v) is 4.44. The van der Waals surface area contributed by atoms with E-state index in [0.717, 1.165) is 0 Å². The zero-order valence-electron chi connectivity index (χ0n) is 9.10. The lowest BCUT2D eigenvalue weighted by Crippen LogP contribution is -2.40. The van der Waals surface area contributed by atoms with E-state index in [2.05, 4.69) is 12.6 Å². The predicted molar refractivity (Wildman–Crippen MR) is 62.6 cm³/mol. The van der Waals surface area contributed by atoms with Crippen LogP contribution in [0.5, 0.6) is 0 Å². The van der Waals surface area contributed by atoms with Crippen LogP contribution >= 0.6 is 12.6 Å². The van der Waals surface area contributed by atoms with Crippen LogP contribution in [0.25, 0.3) is 0 Å². The van der Waals surface area contributed by atoms with Crippen molar-refractivity contribution in [3.05, 3.63) is 23.3 Å². The molecule has 0 radical (unpaired) electrons. The smallest absolute Gasteiger partial charge is 0.333 e. The number of carboxylic acid groups (broad SMARTS) is 2. The summed E-state index contributed by atoms with van der Waals surface area (Å²) in [6.45, 7) is 3.30. The molecule has 0 heterocycles. The van der Waals surface area contributed by atoms with E-state index in [1.807, 2.05) is 6.92 Å². The molecule has 5 heteroatoms. The third-order valence-electron chi connectivity index (χ3n) is 2.89. The summed E-state index contributed by atoms with van der Waals surface area (Å²) in [5, 5.41) is 17.4. The Bertz CT molecular complexity index is 397. The molecule has 0 fully saturated rings. The average molecular weight is 242 g/mol. The summed E-state index contributed by atoms with van der Waals surface area (Å²) in [6.07, 6.45) is 3.63. The van der Waals surface area contributed by atoms with Crippen molar-refractivity contribution in [1.82, 2.24) is 0 Å². The van der Waals surface area contributed by atoms with Gasteiger partial charge in [0.2, 0.25) is 0 Å². The summed E-state index contributed by atoms with van der Waals surface area (Å²) in [6, 6.07) is 0. The summed E-state index contributed by atoms with van der Waals surface area (Å²) >= 11 is 4.16. The molecule has 0 aromatic rings. The van der Waals surface area contributed by atoms with Crippen molar-refractivity contribution in [2.24, 2.45) is 5.41 Å². The second-order valence-electron chi connectivity index (χ2n) is 3.92. The van der Waals surface area contributed by atoms with E-state index < -0.39 is 22.6 Å². The zero-order valence-corrected chi connectivity index (χ0v) is 9.99. The van der Waals surface area contributed by atoms with Gasteiger partial charge >= 0.3 is 11.9 Å². The number of thiol groups is 1. The number of rotatable bonds is 3. The van der Waals surface area contributed by atoms with E-state index >= 15 is 0 Å². The van der Waals surface area contributed by atoms with E-state index in [1.54, 1.807) is 6.08 Å². The first-order chi connectivity index (χ1) is 7.34. The Labute approximate surface area is 99.1 Å². The Morgan fingerprint density at radius 3 is 2.44 bits per heavy atom. The number of carboxylic acids is 2. The number of allylic oxidation sites excluding steroid dienone is 2. The molecule has 88 valence electrons. The first kappa shape index (κ1) is 12.8. The van der Waals surface area contributed by atoms with Gasteiger partial charge in [0, 0.05) is 0 Å². The Hall–Kier alpha value is -1.23. The molecule has 1 aliphatic carbocycles. The molecule has 0 spiro atoms. The Kier molecular flexibility index (Phi) is 3.48. The summed E-state index contributed by atoms with van der Waals surface area (Å²) in [7, 11) is 0. The van der Waals surface area contributed by atoms with Crippen LogP contribution in [-0.4, -0.2) is 27.4 Å². The van der Waals surface area contributed by atoms with Gasteiger partial charge in [-0.05, 0) is 18.9 Å². The lowest BCUT2D eigenvalue weighted by atomic mass is 9.76. The number of carbonyl (C=O) groups is 2. The van der Waals surface area contributed by atoms with Gasteiger partial charge in [-0.3, -0.25) is 4.79 Å². The molecule has 0 saturated heterocycles. The Morgan fingerprint density at radius 2 is 2.06 bits per heavy atom. The highest BCUT2D eigenvalue weighted by Crippen LogP contribution is 2.39. The molecular formula is C11H14O4S. The van der Waals surface area contributed by atoms with Gasteiger partial charge in [0.25, 0.3) is 0 Å². The van der Waals surface area contributed by atoms with Crippen molar-refractivity contribution in [2.45, 2.75) is 25.5 Å². The number of hydrogen-bond donors (Lipinski definition) is 3. The fourth-order valence-corrected chi connectivity index (χ4v) is 2.15. The first-order valence-corrected chi connectivity index (χ1v) is 5.43. The molecule has 1 rings (SSSR count). The predicted octanol–water partition coefficient (Wildman–Crippen LogP) is 1.74. The molecular weight excluding hydrogens is 228 g/mol. The highest BCUT2D eigenvalue weighted by Gasteiger charge is 2.44. The summed E-state index contributed by atoms with van der Waals surface area (Å²) < 4.78 is 0. The molecule has 1 aliphatic rings. The third kappa shape index (κ3) is 1.87. The van der Waals surface area contributed by atoms with E-state index in [1.165, 1.54) is 13.0 Å². The maximum absolute atomic E-state index is 11.1. The molecule has 0 bridgehead atoms. The number of aliphatic carboxylic acids is 2. The van der Waals surface area contributed by atoms with E-state index in [9.17, 15) is 9.59 Å². The molecule has 0 saturated carbocycles. The number of hydrogen-bond acceptors (Lipinski definition) is 3. The minimum atomic E-state index is -1.27. The third-order valence-corrected chi connectivity index (χ3v) is 3.68. The molecule has 2 unspecified atom stereocenters. The van der Waals surface area contributed by atoms with Gasteiger partial charge in [-0.25, -0.2) is 4.79 Å². The Balaban J connectivity index is 3.29. The maximum Gasteiger partial charge on any atom is 0.333 e. The second kappa shape index (κ2) is 4.33. The SMILES string of the molecule is CCC1=C(C(=O)O)C(S)C(C)(C(=O)O)C=C1. The van der Waals surface area contributed by atoms with Crippen molar-refractivity contribution < 1.29 is 19.8 Å². The van der Waals surface area contributed by atoms with Crippen LogP contribution in [0, 0.1) is 5.41 Å². The topological polar surface area (TPSA) is 74.6 Å². The summed E-state index contributed by atoms with van der Waals surface area (Å²) in [5.41, 5.74) is -0.556. The quantitative estimate of drug-likeness (QED) is 0.659.